The average molecular weight is 367 g/mol. The molecule has 0 radical (unpaired) electrons. The maximum atomic E-state index is 12.3. The number of carbonyl (C=O) groups excluding carboxylic acids is 1. The number of halogens is 2. The van der Waals surface area contributed by atoms with Crippen LogP contribution in [0.3, 0.4) is 0 Å². The summed E-state index contributed by atoms with van der Waals surface area (Å²) in [5, 5.41) is 0.907. The summed E-state index contributed by atoms with van der Waals surface area (Å²) in [5.41, 5.74) is 0. The van der Waals surface area contributed by atoms with Crippen molar-refractivity contribution in [2.24, 2.45) is 0 Å². The lowest BCUT2D eigenvalue weighted by atomic mass is 10.3. The maximum absolute atomic E-state index is 12.3. The van der Waals surface area contributed by atoms with E-state index < -0.39 is 0 Å². The molecule has 0 bridgehead atoms. The van der Waals surface area contributed by atoms with Crippen LogP contribution >= 0.6 is 23.2 Å². The fraction of sp³-hybridized carbons (Fsp3) is 0.294. The fourth-order valence-electron chi connectivity index (χ4n) is 2.48. The zero-order valence-corrected chi connectivity index (χ0v) is 14.3. The smallest absolute Gasteiger partial charge is 0.260 e. The van der Waals surface area contributed by atoms with Crippen molar-refractivity contribution in [1.29, 1.82) is 0 Å². The van der Waals surface area contributed by atoms with Gasteiger partial charge in [-0.05, 0) is 30.3 Å². The van der Waals surface area contributed by atoms with Gasteiger partial charge in [0.1, 0.15) is 17.6 Å². The Morgan fingerprint density at radius 1 is 1.25 bits per heavy atom. The lowest BCUT2D eigenvalue weighted by Gasteiger charge is -2.17. The molecule has 0 unspecified atom stereocenters. The van der Waals surface area contributed by atoms with E-state index in [0.29, 0.717) is 28.9 Å². The highest BCUT2D eigenvalue weighted by atomic mass is 35.5. The molecule has 126 valence electrons. The third-order valence-electron chi connectivity index (χ3n) is 3.70. The van der Waals surface area contributed by atoms with E-state index in [1.165, 1.54) is 0 Å². The monoisotopic (exact) mass is 366 g/mol. The molecule has 1 saturated heterocycles. The standard InChI is InChI=1S/C17H16Cl2N2O3/c18-12-1-2-16(15(19)9-12)23-11-17(22)21-8-5-14(10-21)24-13-3-6-20-7-4-13/h1-4,6-7,9,14H,5,8,10-11H2/t14-/m1/s1. The average Bonchev–Trinajstić information content (AvgIpc) is 3.03. The number of carbonyl (C=O) groups is 1. The van der Waals surface area contributed by atoms with E-state index in [0.717, 1.165) is 12.2 Å². The Kier molecular flexibility index (Phi) is 5.43. The van der Waals surface area contributed by atoms with Gasteiger partial charge in [0.05, 0.1) is 11.6 Å². The van der Waals surface area contributed by atoms with Crippen LogP contribution in [-0.4, -0.2) is 41.6 Å². The van der Waals surface area contributed by atoms with Crippen LogP contribution in [0.1, 0.15) is 6.42 Å². The van der Waals surface area contributed by atoms with Gasteiger partial charge in [0.25, 0.3) is 5.91 Å². The number of likely N-dealkylation sites (tertiary alicyclic amines) is 1. The first-order valence-electron chi connectivity index (χ1n) is 7.54. The molecule has 1 fully saturated rings. The molecular formula is C17H16Cl2N2O3. The molecule has 1 aromatic carbocycles. The highest BCUT2D eigenvalue weighted by Crippen LogP contribution is 2.27. The quantitative estimate of drug-likeness (QED) is 0.812. The van der Waals surface area contributed by atoms with Gasteiger partial charge in [-0.25, -0.2) is 0 Å². The topological polar surface area (TPSA) is 51.7 Å². The molecular weight excluding hydrogens is 351 g/mol. The molecule has 0 saturated carbocycles. The van der Waals surface area contributed by atoms with E-state index in [1.807, 2.05) is 0 Å². The van der Waals surface area contributed by atoms with Gasteiger partial charge in [-0.15, -0.1) is 0 Å². The van der Waals surface area contributed by atoms with Crippen LogP contribution < -0.4 is 9.47 Å². The number of rotatable bonds is 5. The number of hydrogen-bond donors (Lipinski definition) is 0. The van der Waals surface area contributed by atoms with Crippen LogP contribution in [0.15, 0.2) is 42.7 Å². The van der Waals surface area contributed by atoms with Crippen LogP contribution in [-0.2, 0) is 4.79 Å². The number of hydrogen-bond acceptors (Lipinski definition) is 4. The molecule has 5 nitrogen and oxygen atoms in total. The summed E-state index contributed by atoms with van der Waals surface area (Å²) in [6.45, 7) is 1.12. The minimum absolute atomic E-state index is 0.0181. The Balaban J connectivity index is 1.49. The second-order valence-corrected chi connectivity index (χ2v) is 6.26. The zero-order valence-electron chi connectivity index (χ0n) is 12.8. The van der Waals surface area contributed by atoms with Crippen LogP contribution in [0.25, 0.3) is 0 Å². The number of ether oxygens (including phenoxy) is 2. The Morgan fingerprint density at radius 3 is 2.79 bits per heavy atom. The van der Waals surface area contributed by atoms with Crippen molar-refractivity contribution in [3.63, 3.8) is 0 Å². The van der Waals surface area contributed by atoms with Gasteiger partial charge < -0.3 is 14.4 Å². The van der Waals surface area contributed by atoms with Crippen LogP contribution in [0.4, 0.5) is 0 Å². The summed E-state index contributed by atoms with van der Waals surface area (Å²) in [4.78, 5) is 17.9. The van der Waals surface area contributed by atoms with Gasteiger partial charge in [-0.1, -0.05) is 23.2 Å². The number of benzene rings is 1. The SMILES string of the molecule is O=C(COc1ccc(Cl)cc1Cl)N1CC[C@@H](Oc2ccncc2)C1. The Hall–Kier alpha value is -1.98. The molecule has 7 heteroatoms. The van der Waals surface area contributed by atoms with Gasteiger partial charge in [0.2, 0.25) is 0 Å². The summed E-state index contributed by atoms with van der Waals surface area (Å²) >= 11 is 11.9. The van der Waals surface area contributed by atoms with E-state index in [9.17, 15) is 4.79 Å². The lowest BCUT2D eigenvalue weighted by molar-refractivity contribution is -0.132. The number of nitrogens with zero attached hydrogens (tertiary/aromatic N) is 2. The molecule has 0 aliphatic carbocycles. The van der Waals surface area contributed by atoms with E-state index in [1.54, 1.807) is 47.6 Å². The summed E-state index contributed by atoms with van der Waals surface area (Å²) in [7, 11) is 0. The first kappa shape index (κ1) is 16.9. The molecule has 24 heavy (non-hydrogen) atoms. The van der Waals surface area contributed by atoms with Crippen LogP contribution in [0.2, 0.25) is 10.0 Å². The molecule has 1 aliphatic rings. The van der Waals surface area contributed by atoms with Crippen molar-refractivity contribution < 1.29 is 14.3 Å². The van der Waals surface area contributed by atoms with Crippen molar-refractivity contribution in [2.45, 2.75) is 12.5 Å². The van der Waals surface area contributed by atoms with Gasteiger partial charge in [-0.3, -0.25) is 9.78 Å². The van der Waals surface area contributed by atoms with E-state index in [4.69, 9.17) is 32.7 Å². The maximum Gasteiger partial charge on any atom is 0.260 e. The third-order valence-corrected chi connectivity index (χ3v) is 4.23. The van der Waals surface area contributed by atoms with E-state index in [-0.39, 0.29) is 18.6 Å². The summed E-state index contributed by atoms with van der Waals surface area (Å²) in [6.07, 6.45) is 4.12. The van der Waals surface area contributed by atoms with Crippen molar-refractivity contribution >= 4 is 29.1 Å². The highest BCUT2D eigenvalue weighted by Gasteiger charge is 2.27. The van der Waals surface area contributed by atoms with Crippen LogP contribution in [0, 0.1) is 0 Å². The zero-order chi connectivity index (χ0) is 16.9. The predicted molar refractivity (Wildman–Crippen MR) is 91.8 cm³/mol. The molecule has 1 atom stereocenters. The largest absolute Gasteiger partial charge is 0.488 e. The summed E-state index contributed by atoms with van der Waals surface area (Å²) in [6, 6.07) is 8.50. The molecule has 1 amide bonds. The van der Waals surface area contributed by atoms with Gasteiger partial charge in [-0.2, -0.15) is 0 Å². The Bertz CT molecular complexity index is 712. The fourth-order valence-corrected chi connectivity index (χ4v) is 2.95. The molecule has 3 rings (SSSR count). The molecule has 2 aromatic rings. The van der Waals surface area contributed by atoms with Crippen LogP contribution in [0.5, 0.6) is 11.5 Å². The number of amides is 1. The van der Waals surface area contributed by atoms with Crippen molar-refractivity contribution in [3.8, 4) is 11.5 Å². The normalized spacial score (nSPS) is 16.9. The highest BCUT2D eigenvalue weighted by molar-refractivity contribution is 6.35. The first-order chi connectivity index (χ1) is 11.6. The van der Waals surface area contributed by atoms with E-state index >= 15 is 0 Å². The summed E-state index contributed by atoms with van der Waals surface area (Å²) in [5.74, 6) is 1.11. The number of aromatic nitrogens is 1. The lowest BCUT2D eigenvalue weighted by Crippen LogP contribution is -2.34. The van der Waals surface area contributed by atoms with Crippen molar-refractivity contribution in [2.75, 3.05) is 19.7 Å². The predicted octanol–water partition coefficient (Wildman–Crippen LogP) is 3.45. The second kappa shape index (κ2) is 7.73. The van der Waals surface area contributed by atoms with Crippen molar-refractivity contribution in [3.05, 3.63) is 52.8 Å². The van der Waals surface area contributed by atoms with E-state index in [2.05, 4.69) is 4.98 Å². The molecule has 1 aliphatic heterocycles. The minimum atomic E-state index is -0.0955. The molecule has 0 N–H and O–H groups in total. The summed E-state index contributed by atoms with van der Waals surface area (Å²) < 4.78 is 11.3. The Labute approximate surface area is 150 Å². The Morgan fingerprint density at radius 2 is 2.04 bits per heavy atom. The van der Waals surface area contributed by atoms with Crippen molar-refractivity contribution in [1.82, 2.24) is 9.88 Å². The molecule has 1 aromatic heterocycles. The minimum Gasteiger partial charge on any atom is -0.488 e. The first-order valence-corrected chi connectivity index (χ1v) is 8.30. The van der Waals surface area contributed by atoms with Gasteiger partial charge >= 0.3 is 0 Å². The second-order valence-electron chi connectivity index (χ2n) is 5.41. The third kappa shape index (κ3) is 4.30. The number of pyridine rings is 1. The molecule has 2 heterocycles. The van der Waals surface area contributed by atoms with Gasteiger partial charge in [0, 0.05) is 30.4 Å². The van der Waals surface area contributed by atoms with Gasteiger partial charge in [0.15, 0.2) is 6.61 Å². The molecule has 0 spiro atoms.